The van der Waals surface area contributed by atoms with Crippen molar-refractivity contribution in [3.8, 4) is 5.75 Å². The van der Waals surface area contributed by atoms with Crippen LogP contribution in [0.15, 0.2) is 35.5 Å². The lowest BCUT2D eigenvalue weighted by atomic mass is 10.0. The molecule has 30 heavy (non-hydrogen) atoms. The summed E-state index contributed by atoms with van der Waals surface area (Å²) in [6, 6.07) is 9.16. The van der Waals surface area contributed by atoms with E-state index < -0.39 is 12.1 Å². The van der Waals surface area contributed by atoms with E-state index in [1.807, 2.05) is 18.2 Å². The maximum Gasteiger partial charge on any atom is 0.374 e. The molecule has 1 aromatic rings. The van der Waals surface area contributed by atoms with Gasteiger partial charge in [0.05, 0.1) is 12.3 Å². The van der Waals surface area contributed by atoms with Crippen molar-refractivity contribution >= 4 is 17.7 Å². The third-order valence-corrected chi connectivity index (χ3v) is 5.12. The first-order chi connectivity index (χ1) is 14.6. The summed E-state index contributed by atoms with van der Waals surface area (Å²) in [6.07, 6.45) is 10.9. The molecule has 0 amide bonds. The molecular weight excluding hydrogens is 382 g/mol. The Morgan fingerprint density at radius 3 is 2.20 bits per heavy atom. The highest BCUT2D eigenvalue weighted by Crippen LogP contribution is 2.14. The summed E-state index contributed by atoms with van der Waals surface area (Å²) in [5, 5.41) is 4.11. The van der Waals surface area contributed by atoms with Gasteiger partial charge in [0, 0.05) is 6.42 Å². The monoisotopic (exact) mass is 417 g/mol. The van der Waals surface area contributed by atoms with Crippen LogP contribution >= 0.6 is 0 Å². The lowest BCUT2D eigenvalue weighted by molar-refractivity contribution is -0.151. The Balaban J connectivity index is 1.84. The predicted molar refractivity (Wildman–Crippen MR) is 116 cm³/mol. The third kappa shape index (κ3) is 10.4. The number of hydrogen-bond donors (Lipinski definition) is 0. The molecule has 1 fully saturated rings. The van der Waals surface area contributed by atoms with Gasteiger partial charge in [0.1, 0.15) is 5.75 Å². The van der Waals surface area contributed by atoms with Crippen LogP contribution < -0.4 is 4.74 Å². The van der Waals surface area contributed by atoms with Gasteiger partial charge < -0.3 is 14.3 Å². The molecule has 0 saturated carbocycles. The van der Waals surface area contributed by atoms with E-state index in [1.54, 1.807) is 19.1 Å². The number of oxime groups is 1. The molecule has 6 nitrogen and oxygen atoms in total. The van der Waals surface area contributed by atoms with Gasteiger partial charge in [0.25, 0.3) is 0 Å². The van der Waals surface area contributed by atoms with Crippen LogP contribution in [0.1, 0.15) is 84.0 Å². The van der Waals surface area contributed by atoms with E-state index in [-0.39, 0.29) is 5.97 Å². The zero-order valence-corrected chi connectivity index (χ0v) is 18.1. The Hall–Kier alpha value is -2.37. The van der Waals surface area contributed by atoms with Crippen molar-refractivity contribution in [3.05, 3.63) is 30.3 Å². The molecule has 1 aromatic carbocycles. The Morgan fingerprint density at radius 1 is 0.900 bits per heavy atom. The zero-order valence-electron chi connectivity index (χ0n) is 18.1. The second kappa shape index (κ2) is 14.6. The predicted octanol–water partition coefficient (Wildman–Crippen LogP) is 5.59. The normalized spacial score (nSPS) is 20.2. The van der Waals surface area contributed by atoms with Crippen molar-refractivity contribution in [3.63, 3.8) is 0 Å². The summed E-state index contributed by atoms with van der Waals surface area (Å²) >= 11 is 0. The zero-order chi connectivity index (χ0) is 21.4. The Labute approximate surface area is 180 Å². The van der Waals surface area contributed by atoms with Crippen LogP contribution in [0.25, 0.3) is 0 Å². The van der Waals surface area contributed by atoms with Gasteiger partial charge in [-0.05, 0) is 51.2 Å². The SMILES string of the molecule is CC(Oc1ccccc1)C(=O)ON=C1CCCCCCCCCCC(=O)OCCC1. The van der Waals surface area contributed by atoms with Crippen LogP contribution in [0.3, 0.4) is 0 Å². The molecule has 0 N–H and O–H groups in total. The highest BCUT2D eigenvalue weighted by Gasteiger charge is 2.17. The van der Waals surface area contributed by atoms with Crippen molar-refractivity contribution in [2.24, 2.45) is 5.16 Å². The summed E-state index contributed by atoms with van der Waals surface area (Å²) in [4.78, 5) is 29.2. The van der Waals surface area contributed by atoms with E-state index >= 15 is 0 Å². The fourth-order valence-corrected chi connectivity index (χ4v) is 3.34. The van der Waals surface area contributed by atoms with Crippen molar-refractivity contribution in [2.75, 3.05) is 6.61 Å². The lowest BCUT2D eigenvalue weighted by Gasteiger charge is -2.12. The molecular formula is C24H35NO5. The number of esters is 1. The number of ether oxygens (including phenoxy) is 2. The molecule has 0 bridgehead atoms. The quantitative estimate of drug-likeness (QED) is 0.363. The maximum absolute atomic E-state index is 12.2. The number of carbonyl (C=O) groups is 2. The summed E-state index contributed by atoms with van der Waals surface area (Å²) in [5.74, 6) is -0.0371. The van der Waals surface area contributed by atoms with Gasteiger partial charge in [-0.15, -0.1) is 0 Å². The van der Waals surface area contributed by atoms with E-state index in [2.05, 4.69) is 5.16 Å². The van der Waals surface area contributed by atoms with E-state index in [4.69, 9.17) is 14.3 Å². The molecule has 166 valence electrons. The van der Waals surface area contributed by atoms with Crippen LogP contribution in [0.4, 0.5) is 0 Å². The Bertz CT molecular complexity index is 659. The smallest absolute Gasteiger partial charge is 0.374 e. The van der Waals surface area contributed by atoms with Gasteiger partial charge >= 0.3 is 11.9 Å². The van der Waals surface area contributed by atoms with Crippen molar-refractivity contribution in [1.82, 2.24) is 0 Å². The number of rotatable bonds is 4. The molecule has 6 heteroatoms. The maximum atomic E-state index is 12.2. The van der Waals surface area contributed by atoms with Gasteiger partial charge in [-0.3, -0.25) is 4.79 Å². The summed E-state index contributed by atoms with van der Waals surface area (Å²) < 4.78 is 10.9. The second-order valence-corrected chi connectivity index (χ2v) is 7.79. The lowest BCUT2D eigenvalue weighted by Crippen LogP contribution is -2.25. The highest BCUT2D eigenvalue weighted by atomic mass is 16.7. The molecule has 1 unspecified atom stereocenters. The first-order valence-electron chi connectivity index (χ1n) is 11.3. The number of benzene rings is 1. The van der Waals surface area contributed by atoms with Crippen LogP contribution in [0, 0.1) is 0 Å². The van der Waals surface area contributed by atoms with E-state index in [9.17, 15) is 9.59 Å². The molecule has 0 aliphatic carbocycles. The van der Waals surface area contributed by atoms with Crippen molar-refractivity contribution in [1.29, 1.82) is 0 Å². The van der Waals surface area contributed by atoms with Crippen LogP contribution in [-0.2, 0) is 19.2 Å². The molecule has 2 rings (SSSR count). The molecule has 1 aliphatic heterocycles. The molecule has 0 radical (unpaired) electrons. The van der Waals surface area contributed by atoms with Gasteiger partial charge in [-0.1, -0.05) is 61.9 Å². The van der Waals surface area contributed by atoms with E-state index in [1.165, 1.54) is 25.7 Å². The first kappa shape index (κ1) is 23.9. The molecule has 1 saturated heterocycles. The van der Waals surface area contributed by atoms with E-state index in [0.717, 1.165) is 37.8 Å². The number of cyclic esters (lactones) is 1. The average Bonchev–Trinajstić information content (AvgIpc) is 2.75. The minimum Gasteiger partial charge on any atom is -0.479 e. The summed E-state index contributed by atoms with van der Waals surface area (Å²) in [7, 11) is 0. The highest BCUT2D eigenvalue weighted by molar-refractivity contribution is 5.85. The number of para-hydroxylation sites is 1. The number of carbonyl (C=O) groups excluding carboxylic acids is 2. The van der Waals surface area contributed by atoms with Gasteiger partial charge in [0.15, 0.2) is 6.10 Å². The fraction of sp³-hybridized carbons (Fsp3) is 0.625. The Morgan fingerprint density at radius 2 is 1.50 bits per heavy atom. The second-order valence-electron chi connectivity index (χ2n) is 7.79. The molecule has 1 aliphatic rings. The topological polar surface area (TPSA) is 74.2 Å². The van der Waals surface area contributed by atoms with Crippen molar-refractivity contribution in [2.45, 2.75) is 90.1 Å². The minimum absolute atomic E-state index is 0.126. The summed E-state index contributed by atoms with van der Waals surface area (Å²) in [5.41, 5.74) is 0.832. The molecule has 0 spiro atoms. The third-order valence-electron chi connectivity index (χ3n) is 5.12. The van der Waals surface area contributed by atoms with Crippen molar-refractivity contribution < 1.29 is 23.9 Å². The standard InChI is InChI=1S/C24H35NO5/c1-20(29-22-16-10-8-11-17-22)24(27)30-25-21-14-9-6-4-2-3-5-7-12-18-23(26)28-19-13-15-21/h8,10-11,16-17,20H,2-7,9,12-15,18-19H2,1H3. The molecule has 1 heterocycles. The van der Waals surface area contributed by atoms with Crippen LogP contribution in [0.2, 0.25) is 0 Å². The average molecular weight is 418 g/mol. The number of nitrogens with zero attached hydrogens (tertiary/aromatic N) is 1. The van der Waals surface area contributed by atoms with Crippen LogP contribution in [0.5, 0.6) is 5.75 Å². The molecule has 1 atom stereocenters. The number of hydrogen-bond acceptors (Lipinski definition) is 6. The van der Waals surface area contributed by atoms with Gasteiger partial charge in [-0.2, -0.15) is 0 Å². The van der Waals surface area contributed by atoms with E-state index in [0.29, 0.717) is 31.6 Å². The minimum atomic E-state index is -0.746. The van der Waals surface area contributed by atoms with Gasteiger partial charge in [0.2, 0.25) is 0 Å². The van der Waals surface area contributed by atoms with Crippen LogP contribution in [-0.4, -0.2) is 30.4 Å². The van der Waals surface area contributed by atoms with Gasteiger partial charge in [-0.25, -0.2) is 4.79 Å². The molecule has 0 aromatic heterocycles. The fourth-order valence-electron chi connectivity index (χ4n) is 3.34. The first-order valence-corrected chi connectivity index (χ1v) is 11.3. The largest absolute Gasteiger partial charge is 0.479 e. The Kier molecular flexibility index (Phi) is 11.6. The summed E-state index contributed by atoms with van der Waals surface area (Å²) in [6.45, 7) is 2.02.